The van der Waals surface area contributed by atoms with E-state index in [1.54, 1.807) is 35.9 Å². The molecule has 1 aliphatic heterocycles. The van der Waals surface area contributed by atoms with Gasteiger partial charge in [-0.15, -0.1) is 0 Å². The molecule has 0 saturated heterocycles. The summed E-state index contributed by atoms with van der Waals surface area (Å²) >= 11 is 5.93. The Morgan fingerprint density at radius 3 is 2.62 bits per heavy atom. The fourth-order valence-electron chi connectivity index (χ4n) is 3.85. The van der Waals surface area contributed by atoms with Crippen LogP contribution in [0, 0.1) is 0 Å². The van der Waals surface area contributed by atoms with Gasteiger partial charge in [0.1, 0.15) is 17.8 Å². The van der Waals surface area contributed by atoms with E-state index in [0.29, 0.717) is 47.2 Å². The van der Waals surface area contributed by atoms with Gasteiger partial charge in [0.15, 0.2) is 17.1 Å². The summed E-state index contributed by atoms with van der Waals surface area (Å²) in [6.45, 7) is 2.81. The van der Waals surface area contributed by atoms with Crippen LogP contribution in [0.25, 0.3) is 11.0 Å². The van der Waals surface area contributed by atoms with E-state index < -0.39 is 12.2 Å². The van der Waals surface area contributed by atoms with Gasteiger partial charge in [-0.1, -0.05) is 35.9 Å². The molecule has 0 spiro atoms. The first-order valence-corrected chi connectivity index (χ1v) is 11.2. The van der Waals surface area contributed by atoms with Crippen LogP contribution in [-0.4, -0.2) is 44.0 Å². The first-order chi connectivity index (χ1) is 16.5. The normalized spacial score (nSPS) is 17.0. The second kappa shape index (κ2) is 9.18. The minimum atomic E-state index is -0.762. The highest BCUT2D eigenvalue weighted by Crippen LogP contribution is 2.33. The Balaban J connectivity index is 1.23. The van der Waals surface area contributed by atoms with Crippen molar-refractivity contribution in [3.05, 3.63) is 82.0 Å². The van der Waals surface area contributed by atoms with Gasteiger partial charge < -0.3 is 14.8 Å². The lowest BCUT2D eigenvalue weighted by Gasteiger charge is -2.31. The highest BCUT2D eigenvalue weighted by atomic mass is 35.5. The number of nitrogens with zero attached hydrogens (tertiary/aromatic N) is 4. The topological polar surface area (TPSA) is 100 Å². The van der Waals surface area contributed by atoms with Crippen molar-refractivity contribution in [3.63, 3.8) is 0 Å². The molecular formula is C24H22ClN5O4. The molecule has 2 atom stereocenters. The van der Waals surface area contributed by atoms with Crippen molar-refractivity contribution in [1.82, 2.24) is 24.6 Å². The number of para-hydroxylation sites is 2. The highest BCUT2D eigenvalue weighted by molar-refractivity contribution is 6.30. The van der Waals surface area contributed by atoms with Gasteiger partial charge in [0.2, 0.25) is 6.10 Å². The molecule has 9 nitrogen and oxygen atoms in total. The quantitative estimate of drug-likeness (QED) is 0.456. The number of carbonyl (C=O) groups excluding carboxylic acids is 1. The van der Waals surface area contributed by atoms with Crippen LogP contribution < -0.4 is 20.3 Å². The highest BCUT2D eigenvalue weighted by Gasteiger charge is 2.33. The summed E-state index contributed by atoms with van der Waals surface area (Å²) in [6, 6.07) is 14.5. The average Bonchev–Trinajstić information content (AvgIpc) is 3.25. The van der Waals surface area contributed by atoms with Crippen LogP contribution in [-0.2, 0) is 17.9 Å². The maximum atomic E-state index is 12.9. The molecule has 174 valence electrons. The molecule has 0 saturated carbocycles. The number of amides is 1. The summed E-state index contributed by atoms with van der Waals surface area (Å²) in [5, 5.41) is 8.19. The first kappa shape index (κ1) is 22.0. The Hall–Kier alpha value is -3.85. The minimum absolute atomic E-state index is 0.185. The van der Waals surface area contributed by atoms with E-state index >= 15 is 0 Å². The van der Waals surface area contributed by atoms with Crippen LogP contribution in [0.3, 0.4) is 0 Å². The molecule has 0 radical (unpaired) electrons. The maximum absolute atomic E-state index is 12.9. The van der Waals surface area contributed by atoms with Gasteiger partial charge in [0.05, 0.1) is 19.3 Å². The second-order valence-corrected chi connectivity index (χ2v) is 8.44. The van der Waals surface area contributed by atoms with Gasteiger partial charge in [-0.25, -0.2) is 9.67 Å². The van der Waals surface area contributed by atoms with Crippen molar-refractivity contribution < 1.29 is 14.3 Å². The van der Waals surface area contributed by atoms with Crippen molar-refractivity contribution in [2.45, 2.75) is 32.2 Å². The number of benzene rings is 2. The van der Waals surface area contributed by atoms with Gasteiger partial charge in [0.25, 0.3) is 11.5 Å². The number of hydrogen-bond donors (Lipinski definition) is 1. The molecule has 34 heavy (non-hydrogen) atoms. The molecule has 0 aliphatic carbocycles. The molecule has 2 aromatic carbocycles. The van der Waals surface area contributed by atoms with Crippen LogP contribution in [0.15, 0.2) is 65.8 Å². The number of nitrogens with one attached hydrogen (secondary N) is 1. The van der Waals surface area contributed by atoms with Gasteiger partial charge in [0, 0.05) is 11.6 Å². The Morgan fingerprint density at radius 1 is 1.12 bits per heavy atom. The fourth-order valence-corrected chi connectivity index (χ4v) is 3.98. The molecule has 1 aliphatic rings. The lowest BCUT2D eigenvalue weighted by atomic mass is 10.1. The smallest absolute Gasteiger partial charge is 0.265 e. The third-order valence-corrected chi connectivity index (χ3v) is 5.86. The standard InChI is InChI=1S/C24H22ClN5O4/c1-15-21(34-20-5-3-2-4-19(20)33-15)23(31)26-10-11-30-22-18(12-28-30)24(32)29(14-27-22)13-16-6-8-17(25)9-7-16/h2-9,12,14-15,21H,10-11,13H2,1H3,(H,26,31). The molecule has 2 unspecified atom stereocenters. The first-order valence-electron chi connectivity index (χ1n) is 10.8. The number of hydrogen-bond acceptors (Lipinski definition) is 6. The molecule has 0 fully saturated rings. The molecule has 1 amide bonds. The molecule has 1 N–H and O–H groups in total. The molecule has 5 rings (SSSR count). The Labute approximate surface area is 199 Å². The Morgan fingerprint density at radius 2 is 1.85 bits per heavy atom. The van der Waals surface area contributed by atoms with Crippen LogP contribution in [0.5, 0.6) is 11.5 Å². The number of carbonyl (C=O) groups is 1. The number of fused-ring (bicyclic) bond motifs is 2. The van der Waals surface area contributed by atoms with Crippen molar-refractivity contribution >= 4 is 28.5 Å². The van der Waals surface area contributed by atoms with Gasteiger partial charge in [-0.3, -0.25) is 14.2 Å². The van der Waals surface area contributed by atoms with E-state index in [0.717, 1.165) is 5.56 Å². The maximum Gasteiger partial charge on any atom is 0.265 e. The zero-order valence-electron chi connectivity index (χ0n) is 18.3. The van der Waals surface area contributed by atoms with Crippen LogP contribution in [0.4, 0.5) is 0 Å². The van der Waals surface area contributed by atoms with E-state index in [-0.39, 0.29) is 11.5 Å². The molecular weight excluding hydrogens is 458 g/mol. The average molecular weight is 480 g/mol. The minimum Gasteiger partial charge on any atom is -0.482 e. The SMILES string of the molecule is CC1Oc2ccccc2OC1C(=O)NCCn1ncc2c(=O)n(Cc3ccc(Cl)cc3)cnc21. The summed E-state index contributed by atoms with van der Waals surface area (Å²) in [7, 11) is 0. The molecule has 10 heteroatoms. The van der Waals surface area contributed by atoms with E-state index in [1.165, 1.54) is 17.1 Å². The lowest BCUT2D eigenvalue weighted by Crippen LogP contribution is -2.49. The molecule has 2 aromatic heterocycles. The zero-order chi connectivity index (χ0) is 23.7. The largest absolute Gasteiger partial charge is 0.482 e. The van der Waals surface area contributed by atoms with E-state index in [4.69, 9.17) is 21.1 Å². The van der Waals surface area contributed by atoms with Gasteiger partial charge in [-0.05, 0) is 36.8 Å². The van der Waals surface area contributed by atoms with E-state index in [2.05, 4.69) is 15.4 Å². The van der Waals surface area contributed by atoms with Crippen LogP contribution in [0.2, 0.25) is 5.02 Å². The van der Waals surface area contributed by atoms with Crippen molar-refractivity contribution in [1.29, 1.82) is 0 Å². The van der Waals surface area contributed by atoms with Crippen LogP contribution in [0.1, 0.15) is 12.5 Å². The predicted octanol–water partition coefficient (Wildman–Crippen LogP) is 2.64. The zero-order valence-corrected chi connectivity index (χ0v) is 19.1. The molecule has 0 bridgehead atoms. The third-order valence-electron chi connectivity index (χ3n) is 5.61. The summed E-state index contributed by atoms with van der Waals surface area (Å²) in [5.41, 5.74) is 1.22. The van der Waals surface area contributed by atoms with Crippen molar-refractivity contribution in [2.75, 3.05) is 6.54 Å². The van der Waals surface area contributed by atoms with Gasteiger partial charge >= 0.3 is 0 Å². The summed E-state index contributed by atoms with van der Waals surface area (Å²) in [4.78, 5) is 30.0. The number of ether oxygens (including phenoxy) is 2. The van der Waals surface area contributed by atoms with E-state index in [9.17, 15) is 9.59 Å². The summed E-state index contributed by atoms with van der Waals surface area (Å²) in [6.07, 6.45) is 1.81. The van der Waals surface area contributed by atoms with Crippen molar-refractivity contribution in [2.24, 2.45) is 0 Å². The molecule has 4 aromatic rings. The number of aromatic nitrogens is 4. The number of halogens is 1. The summed E-state index contributed by atoms with van der Waals surface area (Å²) in [5.74, 6) is 0.879. The fraction of sp³-hybridized carbons (Fsp3) is 0.250. The van der Waals surface area contributed by atoms with E-state index in [1.807, 2.05) is 24.3 Å². The van der Waals surface area contributed by atoms with Crippen molar-refractivity contribution in [3.8, 4) is 11.5 Å². The van der Waals surface area contributed by atoms with Crippen LogP contribution >= 0.6 is 11.6 Å². The third kappa shape index (κ3) is 4.34. The van der Waals surface area contributed by atoms with Gasteiger partial charge in [-0.2, -0.15) is 5.10 Å². The summed E-state index contributed by atoms with van der Waals surface area (Å²) < 4.78 is 14.7. The Kier molecular flexibility index (Phi) is 5.93. The number of rotatable bonds is 6. The lowest BCUT2D eigenvalue weighted by molar-refractivity contribution is -0.133. The Bertz CT molecular complexity index is 1400. The monoisotopic (exact) mass is 479 g/mol. The second-order valence-electron chi connectivity index (χ2n) is 8.01. The predicted molar refractivity (Wildman–Crippen MR) is 126 cm³/mol. The molecule has 3 heterocycles.